The largest absolute Gasteiger partial charge is 0.459 e. The third kappa shape index (κ3) is 2.34. The number of benzene rings is 1. The molecule has 0 saturated heterocycles. The molecule has 122 valence electrons. The lowest BCUT2D eigenvalue weighted by atomic mass is 10.1. The highest BCUT2D eigenvalue weighted by Gasteiger charge is 2.31. The van der Waals surface area contributed by atoms with Crippen molar-refractivity contribution in [3.8, 4) is 11.7 Å². The number of rotatable bonds is 3. The van der Waals surface area contributed by atoms with Crippen molar-refractivity contribution < 1.29 is 13.6 Å². The van der Waals surface area contributed by atoms with Gasteiger partial charge in [-0.2, -0.15) is 4.68 Å². The molecule has 1 atom stereocenters. The SMILES string of the molecule is CC1Cc2ccccc2N1C(=O)Cn1nc(-c2ccco2)oc1=O. The summed E-state index contributed by atoms with van der Waals surface area (Å²) in [4.78, 5) is 26.3. The maximum Gasteiger partial charge on any atom is 0.437 e. The van der Waals surface area contributed by atoms with E-state index in [-0.39, 0.29) is 24.4 Å². The zero-order valence-electron chi connectivity index (χ0n) is 13.0. The number of amides is 1. The molecule has 2 aromatic heterocycles. The van der Waals surface area contributed by atoms with E-state index in [1.54, 1.807) is 17.0 Å². The highest BCUT2D eigenvalue weighted by atomic mass is 16.4. The van der Waals surface area contributed by atoms with Gasteiger partial charge in [-0.05, 0) is 37.1 Å². The van der Waals surface area contributed by atoms with Crippen LogP contribution in [0.4, 0.5) is 5.69 Å². The molecule has 24 heavy (non-hydrogen) atoms. The summed E-state index contributed by atoms with van der Waals surface area (Å²) in [5.41, 5.74) is 2.01. The minimum Gasteiger partial charge on any atom is -0.459 e. The summed E-state index contributed by atoms with van der Waals surface area (Å²) in [7, 11) is 0. The van der Waals surface area contributed by atoms with Gasteiger partial charge in [-0.15, -0.1) is 5.10 Å². The lowest BCUT2D eigenvalue weighted by Gasteiger charge is -2.22. The van der Waals surface area contributed by atoms with Gasteiger partial charge in [-0.25, -0.2) is 4.79 Å². The summed E-state index contributed by atoms with van der Waals surface area (Å²) in [6.45, 7) is 1.81. The Morgan fingerprint density at radius 1 is 1.29 bits per heavy atom. The van der Waals surface area contributed by atoms with Gasteiger partial charge in [-0.3, -0.25) is 4.79 Å². The third-order valence-electron chi connectivity index (χ3n) is 4.10. The molecular weight excluding hydrogens is 310 g/mol. The van der Waals surface area contributed by atoms with Gasteiger partial charge >= 0.3 is 5.76 Å². The zero-order valence-corrected chi connectivity index (χ0v) is 13.0. The first kappa shape index (κ1) is 14.5. The molecule has 1 aliphatic heterocycles. The average molecular weight is 325 g/mol. The van der Waals surface area contributed by atoms with Crippen molar-refractivity contribution in [1.29, 1.82) is 0 Å². The Labute approximate surface area is 137 Å². The number of carbonyl (C=O) groups is 1. The van der Waals surface area contributed by atoms with Crippen LogP contribution in [0.15, 0.2) is 56.3 Å². The highest BCUT2D eigenvalue weighted by molar-refractivity contribution is 5.96. The standard InChI is InChI=1S/C17H15N3O4/c1-11-9-12-5-2-3-6-13(12)20(11)15(21)10-19-17(22)24-16(18-19)14-7-4-8-23-14/h2-8,11H,9-10H2,1H3. The Balaban J connectivity index is 1.60. The number of furan rings is 1. The number of aromatic nitrogens is 2. The van der Waals surface area contributed by atoms with Gasteiger partial charge in [0.15, 0.2) is 5.76 Å². The summed E-state index contributed by atoms with van der Waals surface area (Å²) >= 11 is 0. The van der Waals surface area contributed by atoms with Crippen molar-refractivity contribution in [2.45, 2.75) is 25.9 Å². The lowest BCUT2D eigenvalue weighted by Crippen LogP contribution is -2.39. The fourth-order valence-electron chi connectivity index (χ4n) is 3.06. The first-order valence-electron chi connectivity index (χ1n) is 7.65. The lowest BCUT2D eigenvalue weighted by molar-refractivity contribution is -0.119. The smallest absolute Gasteiger partial charge is 0.437 e. The van der Waals surface area contributed by atoms with Crippen LogP contribution in [-0.4, -0.2) is 21.7 Å². The first-order chi connectivity index (χ1) is 11.6. The molecule has 0 spiro atoms. The number of anilines is 1. The normalized spacial score (nSPS) is 16.4. The molecule has 0 saturated carbocycles. The molecule has 0 aliphatic carbocycles. The zero-order chi connectivity index (χ0) is 16.7. The number of nitrogens with zero attached hydrogens (tertiary/aromatic N) is 3. The van der Waals surface area contributed by atoms with Crippen molar-refractivity contribution in [3.63, 3.8) is 0 Å². The molecule has 0 N–H and O–H groups in total. The molecule has 0 fully saturated rings. The molecule has 7 heteroatoms. The topological polar surface area (TPSA) is 81.5 Å². The van der Waals surface area contributed by atoms with Gasteiger partial charge < -0.3 is 13.7 Å². The number of fused-ring (bicyclic) bond motifs is 1. The van der Waals surface area contributed by atoms with E-state index in [4.69, 9.17) is 8.83 Å². The molecule has 1 aliphatic rings. The van der Waals surface area contributed by atoms with E-state index in [9.17, 15) is 9.59 Å². The Hall–Kier alpha value is -3.09. The summed E-state index contributed by atoms with van der Waals surface area (Å²) in [6, 6.07) is 11.1. The Bertz CT molecular complexity index is 939. The molecule has 3 aromatic rings. The van der Waals surface area contributed by atoms with Crippen molar-refractivity contribution >= 4 is 11.6 Å². The van der Waals surface area contributed by atoms with Crippen LogP contribution in [0, 0.1) is 0 Å². The number of carbonyl (C=O) groups excluding carboxylic acids is 1. The second kappa shape index (κ2) is 5.52. The Kier molecular flexibility index (Phi) is 3.34. The van der Waals surface area contributed by atoms with Crippen LogP contribution in [0.2, 0.25) is 0 Å². The predicted octanol–water partition coefficient (Wildman–Crippen LogP) is 2.07. The van der Waals surface area contributed by atoms with Crippen molar-refractivity contribution in [1.82, 2.24) is 9.78 Å². The van der Waals surface area contributed by atoms with E-state index in [1.807, 2.05) is 31.2 Å². The fourth-order valence-corrected chi connectivity index (χ4v) is 3.06. The second-order valence-corrected chi connectivity index (χ2v) is 5.75. The summed E-state index contributed by atoms with van der Waals surface area (Å²) in [6.07, 6.45) is 2.26. The quantitative estimate of drug-likeness (QED) is 0.736. The molecule has 0 bridgehead atoms. The molecule has 0 radical (unpaired) electrons. The van der Waals surface area contributed by atoms with Crippen molar-refractivity contribution in [2.24, 2.45) is 0 Å². The predicted molar refractivity (Wildman–Crippen MR) is 85.6 cm³/mol. The highest BCUT2D eigenvalue weighted by Crippen LogP contribution is 2.31. The molecule has 1 amide bonds. The molecule has 1 aromatic carbocycles. The van der Waals surface area contributed by atoms with Gasteiger partial charge in [0.1, 0.15) is 6.54 Å². The maximum absolute atomic E-state index is 12.7. The van der Waals surface area contributed by atoms with Crippen LogP contribution in [-0.2, 0) is 17.8 Å². The first-order valence-corrected chi connectivity index (χ1v) is 7.65. The number of para-hydroxylation sites is 1. The van der Waals surface area contributed by atoms with Crippen LogP contribution in [0.25, 0.3) is 11.7 Å². The monoisotopic (exact) mass is 325 g/mol. The van der Waals surface area contributed by atoms with Gasteiger partial charge in [-0.1, -0.05) is 18.2 Å². The van der Waals surface area contributed by atoms with E-state index in [2.05, 4.69) is 5.10 Å². The molecule has 3 heterocycles. The number of hydrogen-bond donors (Lipinski definition) is 0. The third-order valence-corrected chi connectivity index (χ3v) is 4.10. The van der Waals surface area contributed by atoms with Gasteiger partial charge in [0.25, 0.3) is 5.89 Å². The summed E-state index contributed by atoms with van der Waals surface area (Å²) in [5, 5.41) is 4.04. The molecule has 7 nitrogen and oxygen atoms in total. The van der Waals surface area contributed by atoms with E-state index < -0.39 is 5.76 Å². The van der Waals surface area contributed by atoms with E-state index in [1.165, 1.54) is 6.26 Å². The van der Waals surface area contributed by atoms with Crippen LogP contribution in [0.5, 0.6) is 0 Å². The van der Waals surface area contributed by atoms with Crippen LogP contribution >= 0.6 is 0 Å². The number of hydrogen-bond acceptors (Lipinski definition) is 5. The van der Waals surface area contributed by atoms with Crippen molar-refractivity contribution in [3.05, 3.63) is 58.8 Å². The van der Waals surface area contributed by atoms with Gasteiger partial charge in [0.05, 0.1) is 6.26 Å². The maximum atomic E-state index is 12.7. The van der Waals surface area contributed by atoms with Crippen LogP contribution < -0.4 is 10.7 Å². The van der Waals surface area contributed by atoms with Crippen molar-refractivity contribution in [2.75, 3.05) is 4.90 Å². The van der Waals surface area contributed by atoms with E-state index in [0.717, 1.165) is 22.4 Å². The van der Waals surface area contributed by atoms with E-state index in [0.29, 0.717) is 5.76 Å². The Morgan fingerprint density at radius 3 is 2.92 bits per heavy atom. The second-order valence-electron chi connectivity index (χ2n) is 5.75. The molecule has 4 rings (SSSR count). The Morgan fingerprint density at radius 2 is 2.12 bits per heavy atom. The van der Waals surface area contributed by atoms with Gasteiger partial charge in [0.2, 0.25) is 5.91 Å². The molecule has 1 unspecified atom stereocenters. The molecular formula is C17H15N3O4. The fraction of sp³-hybridized carbons (Fsp3) is 0.235. The summed E-state index contributed by atoms with van der Waals surface area (Å²) in [5.74, 6) is -0.477. The van der Waals surface area contributed by atoms with E-state index >= 15 is 0 Å². The minimum atomic E-state index is -0.685. The minimum absolute atomic E-state index is 0.0436. The average Bonchev–Trinajstić information content (AvgIpc) is 3.26. The van der Waals surface area contributed by atoms with Crippen LogP contribution in [0.1, 0.15) is 12.5 Å². The summed E-state index contributed by atoms with van der Waals surface area (Å²) < 4.78 is 11.2. The van der Waals surface area contributed by atoms with Crippen LogP contribution in [0.3, 0.4) is 0 Å². The van der Waals surface area contributed by atoms with Gasteiger partial charge in [0, 0.05) is 11.7 Å².